The molecule has 1 aromatic heterocycles. The number of esters is 1. The predicted molar refractivity (Wildman–Crippen MR) is 108 cm³/mol. The Kier molecular flexibility index (Phi) is 6.84. The first-order chi connectivity index (χ1) is 14.0. The van der Waals surface area contributed by atoms with Crippen LogP contribution in [0.25, 0.3) is 12.2 Å². The van der Waals surface area contributed by atoms with Crippen LogP contribution in [0.15, 0.2) is 29.1 Å². The molecule has 0 spiro atoms. The molecule has 29 heavy (non-hydrogen) atoms. The highest BCUT2D eigenvalue weighted by molar-refractivity contribution is 7.07. The number of benzene rings is 1. The number of phenolic OH excluding ortho intramolecular Hbond substituents is 1. The van der Waals surface area contributed by atoms with Gasteiger partial charge in [-0.3, -0.25) is 14.2 Å². The molecule has 0 radical (unpaired) electrons. The molecule has 154 valence electrons. The third kappa shape index (κ3) is 5.33. The van der Waals surface area contributed by atoms with E-state index in [1.165, 1.54) is 22.8 Å². The van der Waals surface area contributed by atoms with Gasteiger partial charge in [0.15, 0.2) is 0 Å². The van der Waals surface area contributed by atoms with Gasteiger partial charge in [-0.15, -0.1) is 11.3 Å². The van der Waals surface area contributed by atoms with Gasteiger partial charge in [-0.1, -0.05) is 12.1 Å². The SMILES string of the molecule is CCOC(=O)/C=c1\s/c(=C\c2ccc(O)cc2)c(=O)n1CC(=O)N1CCOCC1. The fourth-order valence-electron chi connectivity index (χ4n) is 2.85. The zero-order valence-electron chi connectivity index (χ0n) is 16.0. The Balaban J connectivity index is 2.01. The smallest absolute Gasteiger partial charge is 0.333 e. The largest absolute Gasteiger partial charge is 0.508 e. The molecule has 1 saturated heterocycles. The van der Waals surface area contributed by atoms with Crippen molar-refractivity contribution in [3.63, 3.8) is 0 Å². The number of hydrogen-bond acceptors (Lipinski definition) is 7. The van der Waals surface area contributed by atoms with Crippen LogP contribution in [0, 0.1) is 0 Å². The zero-order chi connectivity index (χ0) is 20.8. The number of aromatic nitrogens is 1. The third-order valence-corrected chi connectivity index (χ3v) is 5.37. The molecule has 1 aliphatic heterocycles. The average molecular weight is 418 g/mol. The number of hydrogen-bond donors (Lipinski definition) is 1. The van der Waals surface area contributed by atoms with Crippen LogP contribution < -0.4 is 14.8 Å². The van der Waals surface area contributed by atoms with Gasteiger partial charge in [-0.05, 0) is 30.7 Å². The van der Waals surface area contributed by atoms with E-state index >= 15 is 0 Å². The van der Waals surface area contributed by atoms with Crippen LogP contribution in [0.1, 0.15) is 12.5 Å². The van der Waals surface area contributed by atoms with Crippen LogP contribution >= 0.6 is 11.3 Å². The first-order valence-corrected chi connectivity index (χ1v) is 10.0. The minimum absolute atomic E-state index is 0.123. The van der Waals surface area contributed by atoms with Crippen LogP contribution in [-0.2, 0) is 25.6 Å². The van der Waals surface area contributed by atoms with Crippen LogP contribution in [0.3, 0.4) is 0 Å². The van der Waals surface area contributed by atoms with Gasteiger partial charge in [0, 0.05) is 13.1 Å². The molecule has 0 aliphatic carbocycles. The molecule has 2 heterocycles. The summed E-state index contributed by atoms with van der Waals surface area (Å²) >= 11 is 1.11. The Morgan fingerprint density at radius 1 is 1.24 bits per heavy atom. The molecule has 1 N–H and O–H groups in total. The summed E-state index contributed by atoms with van der Waals surface area (Å²) in [5.41, 5.74) is 0.357. The molecule has 1 amide bonds. The summed E-state index contributed by atoms with van der Waals surface area (Å²) in [7, 11) is 0. The summed E-state index contributed by atoms with van der Waals surface area (Å²) in [4.78, 5) is 39.2. The normalized spacial score (nSPS) is 15.6. The van der Waals surface area contributed by atoms with Crippen molar-refractivity contribution in [3.8, 4) is 5.75 Å². The third-order valence-electron chi connectivity index (χ3n) is 4.31. The zero-order valence-corrected chi connectivity index (χ0v) is 16.8. The Morgan fingerprint density at radius 3 is 2.59 bits per heavy atom. The lowest BCUT2D eigenvalue weighted by molar-refractivity contribution is -0.136. The van der Waals surface area contributed by atoms with Gasteiger partial charge in [0.2, 0.25) is 5.91 Å². The Bertz CT molecular complexity index is 1050. The number of phenols is 1. The van der Waals surface area contributed by atoms with E-state index in [0.717, 1.165) is 16.9 Å². The predicted octanol–water partition coefficient (Wildman–Crippen LogP) is -0.353. The first-order valence-electron chi connectivity index (χ1n) is 9.22. The highest BCUT2D eigenvalue weighted by Gasteiger charge is 2.19. The maximum Gasteiger partial charge on any atom is 0.333 e. The van der Waals surface area contributed by atoms with Crippen LogP contribution in [-0.4, -0.2) is 59.4 Å². The molecule has 2 aromatic rings. The summed E-state index contributed by atoms with van der Waals surface area (Å²) in [6.07, 6.45) is 2.89. The second kappa shape index (κ2) is 9.53. The van der Waals surface area contributed by atoms with Crippen molar-refractivity contribution in [3.05, 3.63) is 49.4 Å². The second-order valence-corrected chi connectivity index (χ2v) is 7.38. The molecule has 1 fully saturated rings. The minimum atomic E-state index is -0.572. The lowest BCUT2D eigenvalue weighted by atomic mass is 10.2. The fraction of sp³-hybridized carbons (Fsp3) is 0.350. The van der Waals surface area contributed by atoms with E-state index in [-0.39, 0.29) is 30.4 Å². The Labute approximate surface area is 170 Å². The summed E-state index contributed by atoms with van der Waals surface area (Å²) in [5, 5.41) is 9.41. The first kappa shape index (κ1) is 20.8. The molecule has 3 rings (SSSR count). The van der Waals surface area contributed by atoms with Gasteiger partial charge in [0.25, 0.3) is 5.56 Å². The van der Waals surface area contributed by atoms with E-state index in [1.54, 1.807) is 30.0 Å². The van der Waals surface area contributed by atoms with Crippen LogP contribution in [0.2, 0.25) is 0 Å². The number of thiazole rings is 1. The summed E-state index contributed by atoms with van der Waals surface area (Å²) in [6.45, 7) is 3.62. The number of rotatable bonds is 5. The van der Waals surface area contributed by atoms with Crippen molar-refractivity contribution in [2.24, 2.45) is 0 Å². The number of morpholine rings is 1. The molecule has 0 saturated carbocycles. The molecular weight excluding hydrogens is 396 g/mol. The van der Waals surface area contributed by atoms with Crippen molar-refractivity contribution in [1.82, 2.24) is 9.47 Å². The van der Waals surface area contributed by atoms with Crippen molar-refractivity contribution in [1.29, 1.82) is 0 Å². The lowest BCUT2D eigenvalue weighted by Crippen LogP contribution is -2.45. The molecule has 0 bridgehead atoms. The summed E-state index contributed by atoms with van der Waals surface area (Å²) < 4.78 is 12.2. The molecule has 9 heteroatoms. The molecule has 0 atom stereocenters. The van der Waals surface area contributed by atoms with E-state index in [1.807, 2.05) is 0 Å². The summed E-state index contributed by atoms with van der Waals surface area (Å²) in [6, 6.07) is 6.38. The van der Waals surface area contributed by atoms with Crippen molar-refractivity contribution >= 4 is 35.4 Å². The van der Waals surface area contributed by atoms with E-state index in [2.05, 4.69) is 0 Å². The maximum absolute atomic E-state index is 12.9. The van der Waals surface area contributed by atoms with Gasteiger partial charge >= 0.3 is 5.97 Å². The fourth-order valence-corrected chi connectivity index (χ4v) is 3.88. The van der Waals surface area contributed by atoms with Crippen LogP contribution in [0.5, 0.6) is 5.75 Å². The van der Waals surface area contributed by atoms with Crippen LogP contribution in [0.4, 0.5) is 0 Å². The van der Waals surface area contributed by atoms with E-state index < -0.39 is 5.97 Å². The molecule has 0 unspecified atom stereocenters. The number of ether oxygens (including phenoxy) is 2. The van der Waals surface area contributed by atoms with Crippen molar-refractivity contribution in [2.45, 2.75) is 13.5 Å². The number of nitrogens with zero attached hydrogens (tertiary/aromatic N) is 2. The van der Waals surface area contributed by atoms with Gasteiger partial charge in [-0.25, -0.2) is 4.79 Å². The summed E-state index contributed by atoms with van der Waals surface area (Å²) in [5.74, 6) is -0.654. The topological polar surface area (TPSA) is 98.1 Å². The number of amides is 1. The number of aromatic hydroxyl groups is 1. The minimum Gasteiger partial charge on any atom is -0.508 e. The maximum atomic E-state index is 12.9. The molecule has 1 aliphatic rings. The second-order valence-electron chi connectivity index (χ2n) is 6.32. The molecule has 8 nitrogen and oxygen atoms in total. The van der Waals surface area contributed by atoms with Crippen molar-refractivity contribution < 1.29 is 24.2 Å². The standard InChI is InChI=1S/C20H22N2O6S/c1-2-28-19(25)12-18-22(13-17(24)21-7-9-27-10-8-21)20(26)16(29-18)11-14-3-5-15(23)6-4-14/h3-6,11-12,23H,2,7-10,13H2,1H3/b16-11-,18-12-. The van der Waals surface area contributed by atoms with Gasteiger partial charge in [0.05, 0.1) is 30.4 Å². The van der Waals surface area contributed by atoms with E-state index in [9.17, 15) is 19.5 Å². The average Bonchev–Trinajstić information content (AvgIpc) is 2.99. The molecule has 1 aromatic carbocycles. The number of carbonyl (C=O) groups is 2. The van der Waals surface area contributed by atoms with Crippen molar-refractivity contribution in [2.75, 3.05) is 32.9 Å². The van der Waals surface area contributed by atoms with Gasteiger partial charge in [0.1, 0.15) is 17.0 Å². The highest BCUT2D eigenvalue weighted by atomic mass is 32.1. The lowest BCUT2D eigenvalue weighted by Gasteiger charge is -2.26. The Hall–Kier alpha value is -2.91. The monoisotopic (exact) mass is 418 g/mol. The van der Waals surface area contributed by atoms with Gasteiger partial charge in [-0.2, -0.15) is 0 Å². The Morgan fingerprint density at radius 2 is 1.93 bits per heavy atom. The molecular formula is C20H22N2O6S. The highest BCUT2D eigenvalue weighted by Crippen LogP contribution is 2.09. The van der Waals surface area contributed by atoms with Gasteiger partial charge < -0.3 is 19.5 Å². The number of carbonyl (C=O) groups excluding carboxylic acids is 2. The van der Waals surface area contributed by atoms with E-state index in [4.69, 9.17) is 9.47 Å². The quantitative estimate of drug-likeness (QED) is 0.667. The van der Waals surface area contributed by atoms with E-state index in [0.29, 0.717) is 35.5 Å².